The molecule has 1 aromatic rings. The quantitative estimate of drug-likeness (QED) is 0.353. The molecule has 0 saturated carbocycles. The van der Waals surface area contributed by atoms with Gasteiger partial charge in [-0.2, -0.15) is 0 Å². The van der Waals surface area contributed by atoms with E-state index in [0.717, 1.165) is 12.0 Å². The normalized spacial score (nSPS) is 19.0. The van der Waals surface area contributed by atoms with Gasteiger partial charge in [0, 0.05) is 13.0 Å². The number of rotatable bonds is 12. The largest absolute Gasteiger partial charge is 0.480 e. The fraction of sp³-hybridized carbons (Fsp3) is 0.615. The number of carboxylic acid groups (broad SMARTS) is 1. The van der Waals surface area contributed by atoms with Gasteiger partial charge in [-0.3, -0.25) is 14.4 Å². The number of carbonyl (C=O) groups excluding carboxylic acids is 3. The molecule has 9 nitrogen and oxygen atoms in total. The van der Waals surface area contributed by atoms with E-state index in [4.69, 9.17) is 5.73 Å². The standard InChI is InChI=1S/C26H40N4O5/c1-5-17(4)22(27)24(32)28-19(14-16(2)3)23(31)29-20(15-18-10-7-6-8-11-18)25(33)30-13-9-12-21(30)26(34)35/h6-8,10-11,16-17,19-22H,5,9,12-15,27H2,1-4H3,(H,28,32)(H,29,31)(H,34,35). The van der Waals surface area contributed by atoms with Crippen molar-refractivity contribution in [2.45, 2.75) is 84.0 Å². The van der Waals surface area contributed by atoms with Crippen LogP contribution < -0.4 is 16.4 Å². The van der Waals surface area contributed by atoms with Crippen LogP contribution in [0.5, 0.6) is 0 Å². The Balaban J connectivity index is 2.25. The predicted octanol–water partition coefficient (Wildman–Crippen LogP) is 1.69. The summed E-state index contributed by atoms with van der Waals surface area (Å²) in [5.74, 6) is -2.32. The third-order valence-corrected chi connectivity index (χ3v) is 6.62. The van der Waals surface area contributed by atoms with Crippen molar-refractivity contribution in [3.05, 3.63) is 35.9 Å². The molecule has 1 aliphatic rings. The van der Waals surface area contributed by atoms with Crippen LogP contribution in [-0.4, -0.2) is 64.4 Å². The van der Waals surface area contributed by atoms with Crippen molar-refractivity contribution < 1.29 is 24.3 Å². The van der Waals surface area contributed by atoms with Crippen LogP contribution in [0.4, 0.5) is 0 Å². The lowest BCUT2D eigenvalue weighted by atomic mass is 9.97. The molecule has 35 heavy (non-hydrogen) atoms. The molecule has 0 radical (unpaired) electrons. The molecule has 1 saturated heterocycles. The highest BCUT2D eigenvalue weighted by Crippen LogP contribution is 2.20. The lowest BCUT2D eigenvalue weighted by Crippen LogP contribution is -2.58. The Labute approximate surface area is 207 Å². The average Bonchev–Trinajstić information content (AvgIpc) is 3.32. The number of nitrogens with one attached hydrogen (secondary N) is 2. The highest BCUT2D eigenvalue weighted by Gasteiger charge is 2.38. The Kier molecular flexibility index (Phi) is 10.7. The molecule has 0 spiro atoms. The van der Waals surface area contributed by atoms with Gasteiger partial charge in [-0.25, -0.2) is 4.79 Å². The predicted molar refractivity (Wildman–Crippen MR) is 133 cm³/mol. The van der Waals surface area contributed by atoms with Gasteiger partial charge in [0.25, 0.3) is 0 Å². The SMILES string of the molecule is CCC(C)C(N)C(=O)NC(CC(C)C)C(=O)NC(Cc1ccccc1)C(=O)N1CCCC1C(=O)O. The molecule has 2 rings (SSSR count). The second kappa shape index (κ2) is 13.2. The van der Waals surface area contributed by atoms with Crippen LogP contribution in [0.25, 0.3) is 0 Å². The molecule has 0 aromatic heterocycles. The van der Waals surface area contributed by atoms with Crippen molar-refractivity contribution >= 4 is 23.7 Å². The van der Waals surface area contributed by atoms with Crippen molar-refractivity contribution in [1.29, 1.82) is 0 Å². The molecule has 1 aromatic carbocycles. The van der Waals surface area contributed by atoms with E-state index >= 15 is 0 Å². The molecule has 1 fully saturated rings. The Bertz CT molecular complexity index is 876. The Morgan fingerprint density at radius 1 is 1.06 bits per heavy atom. The minimum Gasteiger partial charge on any atom is -0.480 e. The first-order valence-electron chi connectivity index (χ1n) is 12.5. The number of hydrogen-bond acceptors (Lipinski definition) is 5. The maximum Gasteiger partial charge on any atom is 0.326 e. The summed E-state index contributed by atoms with van der Waals surface area (Å²) in [5, 5.41) is 15.1. The minimum atomic E-state index is -1.05. The van der Waals surface area contributed by atoms with Crippen LogP contribution in [-0.2, 0) is 25.6 Å². The highest BCUT2D eigenvalue weighted by molar-refractivity contribution is 5.94. The molecule has 194 valence electrons. The van der Waals surface area contributed by atoms with Gasteiger partial charge in [-0.15, -0.1) is 0 Å². The maximum atomic E-state index is 13.4. The topological polar surface area (TPSA) is 142 Å². The maximum absolute atomic E-state index is 13.4. The van der Waals surface area contributed by atoms with Gasteiger partial charge in [0.15, 0.2) is 0 Å². The molecule has 0 bridgehead atoms. The molecule has 0 aliphatic carbocycles. The minimum absolute atomic E-state index is 0.0479. The Morgan fingerprint density at radius 3 is 2.26 bits per heavy atom. The van der Waals surface area contributed by atoms with Gasteiger partial charge in [-0.1, -0.05) is 64.4 Å². The summed E-state index contributed by atoms with van der Waals surface area (Å²) < 4.78 is 0. The molecular formula is C26H40N4O5. The molecule has 3 amide bonds. The number of aliphatic carboxylic acids is 1. The summed E-state index contributed by atoms with van der Waals surface area (Å²) in [6, 6.07) is 5.76. The van der Waals surface area contributed by atoms with Crippen molar-refractivity contribution in [1.82, 2.24) is 15.5 Å². The second-order valence-corrected chi connectivity index (χ2v) is 9.88. The molecule has 9 heteroatoms. The monoisotopic (exact) mass is 488 g/mol. The fourth-order valence-electron chi connectivity index (χ4n) is 4.29. The van der Waals surface area contributed by atoms with Crippen molar-refractivity contribution in [3.63, 3.8) is 0 Å². The summed E-state index contributed by atoms with van der Waals surface area (Å²) in [6.07, 6.45) is 2.28. The van der Waals surface area contributed by atoms with E-state index in [-0.39, 0.29) is 18.3 Å². The molecule has 5 unspecified atom stereocenters. The third-order valence-electron chi connectivity index (χ3n) is 6.62. The molecule has 5 atom stereocenters. The van der Waals surface area contributed by atoms with Crippen LogP contribution >= 0.6 is 0 Å². The van der Waals surface area contributed by atoms with Crippen LogP contribution in [0.2, 0.25) is 0 Å². The van der Waals surface area contributed by atoms with E-state index in [2.05, 4.69) is 10.6 Å². The van der Waals surface area contributed by atoms with Gasteiger partial charge in [0.1, 0.15) is 18.1 Å². The smallest absolute Gasteiger partial charge is 0.326 e. The number of amides is 3. The lowest BCUT2D eigenvalue weighted by Gasteiger charge is -2.29. The summed E-state index contributed by atoms with van der Waals surface area (Å²) in [4.78, 5) is 52.5. The summed E-state index contributed by atoms with van der Waals surface area (Å²) in [7, 11) is 0. The number of hydrogen-bond donors (Lipinski definition) is 4. The van der Waals surface area contributed by atoms with Gasteiger partial charge < -0.3 is 26.4 Å². The number of carboxylic acids is 1. The Hall–Kier alpha value is -2.94. The third kappa shape index (κ3) is 8.06. The number of nitrogens with two attached hydrogens (primary N) is 1. The molecule has 5 N–H and O–H groups in total. The summed E-state index contributed by atoms with van der Waals surface area (Å²) >= 11 is 0. The first-order valence-corrected chi connectivity index (χ1v) is 12.5. The summed E-state index contributed by atoms with van der Waals surface area (Å²) in [6.45, 7) is 8.03. The Morgan fingerprint density at radius 2 is 1.69 bits per heavy atom. The molecule has 1 heterocycles. The van der Waals surface area contributed by atoms with Crippen LogP contribution in [0.1, 0.15) is 58.9 Å². The molecular weight excluding hydrogens is 448 g/mol. The van der Waals surface area contributed by atoms with Gasteiger partial charge in [-0.05, 0) is 36.7 Å². The van der Waals surface area contributed by atoms with E-state index in [1.54, 1.807) is 0 Å². The van der Waals surface area contributed by atoms with Crippen molar-refractivity contribution in [2.75, 3.05) is 6.54 Å². The van der Waals surface area contributed by atoms with Gasteiger partial charge in [0.2, 0.25) is 17.7 Å². The zero-order valence-corrected chi connectivity index (χ0v) is 21.2. The van der Waals surface area contributed by atoms with Crippen LogP contribution in [0.3, 0.4) is 0 Å². The van der Waals surface area contributed by atoms with Gasteiger partial charge in [0.05, 0.1) is 6.04 Å². The number of carbonyl (C=O) groups is 4. The zero-order valence-electron chi connectivity index (χ0n) is 21.2. The zero-order chi connectivity index (χ0) is 26.1. The van der Waals surface area contributed by atoms with E-state index in [1.807, 2.05) is 58.0 Å². The first kappa shape index (κ1) is 28.3. The van der Waals surface area contributed by atoms with Crippen LogP contribution in [0.15, 0.2) is 30.3 Å². The van der Waals surface area contributed by atoms with Crippen LogP contribution in [0, 0.1) is 11.8 Å². The van der Waals surface area contributed by atoms with E-state index < -0.39 is 47.9 Å². The number of likely N-dealkylation sites (tertiary alicyclic amines) is 1. The molecule has 1 aliphatic heterocycles. The van der Waals surface area contributed by atoms with E-state index in [9.17, 15) is 24.3 Å². The first-order chi connectivity index (χ1) is 16.5. The van der Waals surface area contributed by atoms with E-state index in [0.29, 0.717) is 25.8 Å². The fourth-order valence-corrected chi connectivity index (χ4v) is 4.29. The van der Waals surface area contributed by atoms with Gasteiger partial charge >= 0.3 is 5.97 Å². The van der Waals surface area contributed by atoms with Crippen molar-refractivity contribution in [3.8, 4) is 0 Å². The van der Waals surface area contributed by atoms with E-state index in [1.165, 1.54) is 4.90 Å². The number of nitrogens with zero attached hydrogens (tertiary/aromatic N) is 1. The summed E-state index contributed by atoms with van der Waals surface area (Å²) in [5.41, 5.74) is 6.90. The average molecular weight is 489 g/mol. The lowest BCUT2D eigenvalue weighted by molar-refractivity contribution is -0.149. The second-order valence-electron chi connectivity index (χ2n) is 9.88. The van der Waals surface area contributed by atoms with Crippen molar-refractivity contribution in [2.24, 2.45) is 17.6 Å². The number of benzene rings is 1. The highest BCUT2D eigenvalue weighted by atomic mass is 16.4.